The highest BCUT2D eigenvalue weighted by Crippen LogP contribution is 2.25. The second-order valence-corrected chi connectivity index (χ2v) is 6.10. The zero-order valence-electron chi connectivity index (χ0n) is 13.6. The number of rotatable bonds is 5. The molecule has 0 fully saturated rings. The number of carbonyl (C=O) groups is 1. The molecule has 0 aliphatic heterocycles. The summed E-state index contributed by atoms with van der Waals surface area (Å²) in [7, 11) is 0. The van der Waals surface area contributed by atoms with Crippen LogP contribution in [0.5, 0.6) is 0 Å². The maximum Gasteiger partial charge on any atom is 0.255 e. The predicted octanol–water partition coefficient (Wildman–Crippen LogP) is 2.04. The van der Waals surface area contributed by atoms with E-state index < -0.39 is 5.41 Å². The van der Waals surface area contributed by atoms with Crippen molar-refractivity contribution in [1.82, 2.24) is 19.7 Å². The molecule has 6 heteroatoms. The van der Waals surface area contributed by atoms with Crippen molar-refractivity contribution >= 4 is 5.78 Å². The Morgan fingerprint density at radius 1 is 1.21 bits per heavy atom. The number of aromatic nitrogens is 4. The summed E-state index contributed by atoms with van der Waals surface area (Å²) in [5.74, 6) is 0.288. The van der Waals surface area contributed by atoms with Gasteiger partial charge in [-0.15, -0.1) is 0 Å². The lowest BCUT2D eigenvalue weighted by atomic mass is 9.79. The number of Topliss-reactive ketones (excluding diaryl/α,β-unsaturated/α-hetero) is 1. The van der Waals surface area contributed by atoms with E-state index in [1.165, 1.54) is 10.9 Å². The average molecular weight is 322 g/mol. The molecule has 0 bridgehead atoms. The quantitative estimate of drug-likeness (QED) is 0.779. The minimum atomic E-state index is -0.672. The summed E-state index contributed by atoms with van der Waals surface area (Å²) in [5.41, 5.74) is 0.272. The van der Waals surface area contributed by atoms with Crippen molar-refractivity contribution in [1.29, 1.82) is 0 Å². The van der Waals surface area contributed by atoms with Crippen LogP contribution in [0.1, 0.15) is 25.0 Å². The Kier molecular flexibility index (Phi) is 4.12. The molecule has 3 aromatic rings. The molecule has 0 aliphatic rings. The van der Waals surface area contributed by atoms with Gasteiger partial charge >= 0.3 is 0 Å². The smallest absolute Gasteiger partial charge is 0.255 e. The highest BCUT2D eigenvalue weighted by Gasteiger charge is 2.29. The second kappa shape index (κ2) is 6.23. The average Bonchev–Trinajstić information content (AvgIpc) is 3.12. The largest absolute Gasteiger partial charge is 0.298 e. The molecular formula is C18H18N4O2. The van der Waals surface area contributed by atoms with Gasteiger partial charge in [-0.25, -0.2) is 9.67 Å². The number of benzene rings is 1. The van der Waals surface area contributed by atoms with Gasteiger partial charge in [0, 0.05) is 36.0 Å². The third-order valence-electron chi connectivity index (χ3n) is 4.12. The van der Waals surface area contributed by atoms with E-state index in [1.807, 2.05) is 44.2 Å². The molecule has 1 aromatic carbocycles. The molecule has 122 valence electrons. The van der Waals surface area contributed by atoms with Crippen LogP contribution < -0.4 is 5.56 Å². The van der Waals surface area contributed by atoms with Gasteiger partial charge in [0.25, 0.3) is 5.56 Å². The fraction of sp³-hybridized carbons (Fsp3) is 0.222. The Labute approximate surface area is 139 Å². The highest BCUT2D eigenvalue weighted by atomic mass is 16.1. The van der Waals surface area contributed by atoms with Crippen molar-refractivity contribution in [2.45, 2.75) is 25.7 Å². The molecule has 0 unspecified atom stereocenters. The molecule has 0 spiro atoms. The van der Waals surface area contributed by atoms with Gasteiger partial charge in [-0.1, -0.05) is 30.3 Å². The van der Waals surface area contributed by atoms with Crippen molar-refractivity contribution < 1.29 is 4.79 Å². The second-order valence-electron chi connectivity index (χ2n) is 6.10. The lowest BCUT2D eigenvalue weighted by molar-refractivity contribution is -0.122. The normalized spacial score (nSPS) is 11.4. The third-order valence-corrected chi connectivity index (χ3v) is 4.12. The van der Waals surface area contributed by atoms with E-state index in [2.05, 4.69) is 15.1 Å². The molecular weight excluding hydrogens is 304 g/mol. The number of carbonyl (C=O) groups excluding carboxylic acids is 1. The van der Waals surface area contributed by atoms with Gasteiger partial charge in [-0.2, -0.15) is 5.10 Å². The zero-order chi connectivity index (χ0) is 17.2. The minimum Gasteiger partial charge on any atom is -0.298 e. The van der Waals surface area contributed by atoms with Crippen LogP contribution in [0.4, 0.5) is 0 Å². The van der Waals surface area contributed by atoms with Gasteiger partial charge in [0.1, 0.15) is 5.78 Å². The standard InChI is InChI=1S/C18H18N4O2/c1-18(2,14-7-4-3-5-8-14)15(23)11-13-12-19-17(21-16(13)24)22-10-6-9-20-22/h3-10,12H,11H2,1-2H3,(H,19,21,24). The Balaban J connectivity index is 1.83. The monoisotopic (exact) mass is 322 g/mol. The van der Waals surface area contributed by atoms with E-state index in [0.717, 1.165) is 5.56 Å². The molecule has 3 rings (SSSR count). The Bertz CT molecular complexity index is 896. The summed E-state index contributed by atoms with van der Waals surface area (Å²) < 4.78 is 1.46. The van der Waals surface area contributed by atoms with Crippen LogP contribution in [-0.4, -0.2) is 25.5 Å². The van der Waals surface area contributed by atoms with Crippen molar-refractivity contribution in [2.75, 3.05) is 0 Å². The summed E-state index contributed by atoms with van der Waals surface area (Å²) in [6.07, 6.45) is 4.75. The maximum absolute atomic E-state index is 12.7. The molecule has 2 aromatic heterocycles. The molecule has 6 nitrogen and oxygen atoms in total. The SMILES string of the molecule is CC(C)(C(=O)Cc1cnc(-n2cccn2)[nH]c1=O)c1ccccc1. The maximum atomic E-state index is 12.7. The number of H-pyrrole nitrogens is 1. The molecule has 0 amide bonds. The van der Waals surface area contributed by atoms with Crippen LogP contribution in [0, 0.1) is 0 Å². The number of nitrogens with one attached hydrogen (secondary N) is 1. The molecule has 0 atom stereocenters. The van der Waals surface area contributed by atoms with E-state index in [0.29, 0.717) is 11.5 Å². The van der Waals surface area contributed by atoms with Crippen LogP contribution in [0.2, 0.25) is 0 Å². The van der Waals surface area contributed by atoms with Gasteiger partial charge in [0.05, 0.1) is 0 Å². The molecule has 0 saturated heterocycles. The van der Waals surface area contributed by atoms with Gasteiger partial charge in [0.15, 0.2) is 0 Å². The third kappa shape index (κ3) is 3.03. The summed E-state index contributed by atoms with van der Waals surface area (Å²) in [6, 6.07) is 11.3. The van der Waals surface area contributed by atoms with Crippen LogP contribution in [0.25, 0.3) is 5.95 Å². The summed E-state index contributed by atoms with van der Waals surface area (Å²) in [5, 5.41) is 4.01. The van der Waals surface area contributed by atoms with Crippen molar-refractivity contribution in [2.24, 2.45) is 0 Å². The van der Waals surface area contributed by atoms with Crippen molar-refractivity contribution in [3.63, 3.8) is 0 Å². The minimum absolute atomic E-state index is 0.0314. The number of hydrogen-bond donors (Lipinski definition) is 1. The van der Waals surface area contributed by atoms with Crippen molar-refractivity contribution in [3.05, 3.63) is 76.5 Å². The van der Waals surface area contributed by atoms with Crippen molar-refractivity contribution in [3.8, 4) is 5.95 Å². The first-order valence-electron chi connectivity index (χ1n) is 7.65. The van der Waals surface area contributed by atoms with Crippen LogP contribution in [0.3, 0.4) is 0 Å². The first-order valence-corrected chi connectivity index (χ1v) is 7.65. The van der Waals surface area contributed by atoms with Gasteiger partial charge in [-0.3, -0.25) is 14.6 Å². The Hall–Kier alpha value is -3.02. The van der Waals surface area contributed by atoms with Crippen LogP contribution >= 0.6 is 0 Å². The van der Waals surface area contributed by atoms with Gasteiger partial charge in [0.2, 0.25) is 5.95 Å². The van der Waals surface area contributed by atoms with E-state index >= 15 is 0 Å². The van der Waals surface area contributed by atoms with Gasteiger partial charge < -0.3 is 0 Å². The fourth-order valence-electron chi connectivity index (χ4n) is 2.46. The summed E-state index contributed by atoms with van der Waals surface area (Å²) >= 11 is 0. The molecule has 0 saturated carbocycles. The number of aromatic amines is 1. The topological polar surface area (TPSA) is 80.6 Å². The number of ketones is 1. The van der Waals surface area contributed by atoms with Gasteiger partial charge in [-0.05, 0) is 25.5 Å². The van der Waals surface area contributed by atoms with E-state index in [-0.39, 0.29) is 17.8 Å². The molecule has 0 radical (unpaired) electrons. The lowest BCUT2D eigenvalue weighted by Crippen LogP contribution is -2.32. The first kappa shape index (κ1) is 15.9. The summed E-state index contributed by atoms with van der Waals surface area (Å²) in [6.45, 7) is 3.73. The molecule has 24 heavy (non-hydrogen) atoms. The van der Waals surface area contributed by atoms with E-state index in [4.69, 9.17) is 0 Å². The number of nitrogens with zero attached hydrogens (tertiary/aromatic N) is 3. The highest BCUT2D eigenvalue weighted by molar-refractivity contribution is 5.90. The number of hydrogen-bond acceptors (Lipinski definition) is 4. The zero-order valence-corrected chi connectivity index (χ0v) is 13.6. The summed E-state index contributed by atoms with van der Waals surface area (Å²) in [4.78, 5) is 31.8. The van der Waals surface area contributed by atoms with Crippen LogP contribution in [0.15, 0.2) is 59.8 Å². The Morgan fingerprint density at radius 3 is 2.58 bits per heavy atom. The van der Waals surface area contributed by atoms with E-state index in [1.54, 1.807) is 18.5 Å². The van der Waals surface area contributed by atoms with Crippen LogP contribution in [-0.2, 0) is 16.6 Å². The fourth-order valence-corrected chi connectivity index (χ4v) is 2.46. The molecule has 2 heterocycles. The lowest BCUT2D eigenvalue weighted by Gasteiger charge is -2.23. The molecule has 1 N–H and O–H groups in total. The molecule has 0 aliphatic carbocycles. The Morgan fingerprint density at radius 2 is 1.96 bits per heavy atom. The predicted molar refractivity (Wildman–Crippen MR) is 90.2 cm³/mol. The van der Waals surface area contributed by atoms with E-state index in [9.17, 15) is 9.59 Å². The first-order chi connectivity index (χ1) is 11.5.